The van der Waals surface area contributed by atoms with Crippen LogP contribution in [0.5, 0.6) is 0 Å². The first-order chi connectivity index (χ1) is 9.72. The van der Waals surface area contributed by atoms with Crippen LogP contribution in [0.3, 0.4) is 0 Å². The molecule has 1 aliphatic heterocycles. The minimum absolute atomic E-state index is 0.909. The van der Waals surface area contributed by atoms with Crippen molar-refractivity contribution in [3.05, 3.63) is 33.8 Å². The maximum atomic E-state index is 3.74. The largest absolute Gasteiger partial charge is 0.313 e. The molecule has 0 amide bonds. The first-order valence-electron chi connectivity index (χ1n) is 7.93. The van der Waals surface area contributed by atoms with Crippen molar-refractivity contribution in [1.29, 1.82) is 0 Å². The van der Waals surface area contributed by atoms with Crippen molar-refractivity contribution < 1.29 is 0 Å². The Labute approximate surface area is 132 Å². The Kier molecular flexibility index (Phi) is 6.53. The number of hydrogen-bond donors (Lipinski definition) is 1. The molecule has 1 aliphatic rings. The molecule has 1 aromatic carbocycles. The summed E-state index contributed by atoms with van der Waals surface area (Å²) < 4.78 is 1.26. The van der Waals surface area contributed by atoms with Gasteiger partial charge in [0.1, 0.15) is 0 Å². The summed E-state index contributed by atoms with van der Waals surface area (Å²) in [5.41, 5.74) is 2.78. The molecule has 0 aromatic heterocycles. The van der Waals surface area contributed by atoms with Gasteiger partial charge < -0.3 is 5.32 Å². The van der Waals surface area contributed by atoms with Crippen molar-refractivity contribution >= 4 is 15.9 Å². The maximum Gasteiger partial charge on any atom is 0.0245 e. The zero-order valence-electron chi connectivity index (χ0n) is 12.8. The van der Waals surface area contributed by atoms with E-state index in [1.54, 1.807) is 0 Å². The van der Waals surface area contributed by atoms with Gasteiger partial charge in [-0.15, -0.1) is 0 Å². The van der Waals surface area contributed by atoms with Crippen LogP contribution in [0.1, 0.15) is 44.2 Å². The summed E-state index contributed by atoms with van der Waals surface area (Å²) in [6.45, 7) is 10.2. The normalized spacial score (nSPS) is 19.6. The van der Waals surface area contributed by atoms with E-state index in [4.69, 9.17) is 0 Å². The number of likely N-dealkylation sites (tertiary alicyclic amines) is 1. The number of rotatable bonds is 7. The standard InChI is InChI=1S/C17H27BrN2/c1-3-8-19-11-15-5-6-16(17(18)10-15)13-20-9-7-14(4-2)12-20/h5-6,10,14,19H,3-4,7-9,11-13H2,1-2H3. The topological polar surface area (TPSA) is 15.3 Å². The summed E-state index contributed by atoms with van der Waals surface area (Å²) in [7, 11) is 0. The molecule has 3 heteroatoms. The molecule has 1 unspecified atom stereocenters. The van der Waals surface area contributed by atoms with Crippen LogP contribution in [0.25, 0.3) is 0 Å². The third-order valence-electron chi connectivity index (χ3n) is 4.21. The second-order valence-corrected chi connectivity index (χ2v) is 6.75. The molecule has 1 aromatic rings. The van der Waals surface area contributed by atoms with Crippen molar-refractivity contribution in [2.45, 2.75) is 46.2 Å². The third-order valence-corrected chi connectivity index (χ3v) is 4.95. The molecule has 1 saturated heterocycles. The van der Waals surface area contributed by atoms with Gasteiger partial charge in [-0.1, -0.05) is 48.3 Å². The third kappa shape index (κ3) is 4.57. The highest BCUT2D eigenvalue weighted by molar-refractivity contribution is 9.10. The van der Waals surface area contributed by atoms with E-state index in [1.165, 1.54) is 48.0 Å². The van der Waals surface area contributed by atoms with E-state index >= 15 is 0 Å². The summed E-state index contributed by atoms with van der Waals surface area (Å²) in [5.74, 6) is 0.909. The Balaban J connectivity index is 1.89. The Morgan fingerprint density at radius 2 is 2.20 bits per heavy atom. The Morgan fingerprint density at radius 3 is 2.85 bits per heavy atom. The summed E-state index contributed by atoms with van der Waals surface area (Å²) >= 11 is 3.74. The van der Waals surface area contributed by atoms with Crippen molar-refractivity contribution in [2.24, 2.45) is 5.92 Å². The van der Waals surface area contributed by atoms with Crippen LogP contribution < -0.4 is 5.32 Å². The Morgan fingerprint density at radius 1 is 1.35 bits per heavy atom. The molecule has 1 N–H and O–H groups in total. The van der Waals surface area contributed by atoms with E-state index in [0.29, 0.717) is 0 Å². The van der Waals surface area contributed by atoms with Gasteiger partial charge in [-0.3, -0.25) is 4.90 Å². The van der Waals surface area contributed by atoms with Crippen LogP contribution in [0.2, 0.25) is 0 Å². The lowest BCUT2D eigenvalue weighted by Crippen LogP contribution is -2.20. The first kappa shape index (κ1) is 16.0. The van der Waals surface area contributed by atoms with Gasteiger partial charge in [0.25, 0.3) is 0 Å². The fourth-order valence-corrected chi connectivity index (χ4v) is 3.42. The van der Waals surface area contributed by atoms with E-state index in [1.807, 2.05) is 0 Å². The lowest BCUT2D eigenvalue weighted by Gasteiger charge is -2.17. The zero-order chi connectivity index (χ0) is 14.4. The van der Waals surface area contributed by atoms with Gasteiger partial charge in [0, 0.05) is 24.1 Å². The molecule has 0 spiro atoms. The predicted molar refractivity (Wildman–Crippen MR) is 89.8 cm³/mol. The van der Waals surface area contributed by atoms with Gasteiger partial charge >= 0.3 is 0 Å². The van der Waals surface area contributed by atoms with E-state index in [9.17, 15) is 0 Å². The SMILES string of the molecule is CCCNCc1ccc(CN2CCC(CC)C2)c(Br)c1. The van der Waals surface area contributed by atoms with E-state index in [0.717, 1.165) is 25.6 Å². The van der Waals surface area contributed by atoms with E-state index in [-0.39, 0.29) is 0 Å². The summed E-state index contributed by atoms with van der Waals surface area (Å²) in [6.07, 6.45) is 3.87. The molecule has 112 valence electrons. The van der Waals surface area contributed by atoms with Crippen molar-refractivity contribution in [3.8, 4) is 0 Å². The molecule has 1 atom stereocenters. The smallest absolute Gasteiger partial charge is 0.0245 e. The average Bonchev–Trinajstić information content (AvgIpc) is 2.90. The van der Waals surface area contributed by atoms with E-state index in [2.05, 4.69) is 58.2 Å². The highest BCUT2D eigenvalue weighted by Crippen LogP contribution is 2.25. The second kappa shape index (κ2) is 8.16. The molecule has 20 heavy (non-hydrogen) atoms. The van der Waals surface area contributed by atoms with Crippen LogP contribution in [0.15, 0.2) is 22.7 Å². The molecule has 2 nitrogen and oxygen atoms in total. The fourth-order valence-electron chi connectivity index (χ4n) is 2.87. The van der Waals surface area contributed by atoms with Crippen molar-refractivity contribution in [3.63, 3.8) is 0 Å². The van der Waals surface area contributed by atoms with Gasteiger partial charge in [-0.25, -0.2) is 0 Å². The lowest BCUT2D eigenvalue weighted by molar-refractivity contribution is 0.314. The Bertz CT molecular complexity index is 419. The molecule has 0 bridgehead atoms. The predicted octanol–water partition coefficient (Wildman–Crippen LogP) is 4.18. The van der Waals surface area contributed by atoms with Gasteiger partial charge in [0.2, 0.25) is 0 Å². The lowest BCUT2D eigenvalue weighted by atomic mass is 10.1. The minimum atomic E-state index is 0.909. The summed E-state index contributed by atoms with van der Waals surface area (Å²) in [5, 5.41) is 3.45. The second-order valence-electron chi connectivity index (χ2n) is 5.90. The van der Waals surface area contributed by atoms with Gasteiger partial charge in [0.15, 0.2) is 0 Å². The molecular formula is C17H27BrN2. The molecular weight excluding hydrogens is 312 g/mol. The van der Waals surface area contributed by atoms with Crippen LogP contribution >= 0.6 is 15.9 Å². The fraction of sp³-hybridized carbons (Fsp3) is 0.647. The zero-order valence-corrected chi connectivity index (χ0v) is 14.4. The summed E-state index contributed by atoms with van der Waals surface area (Å²) in [6, 6.07) is 6.81. The molecule has 0 radical (unpaired) electrons. The van der Waals surface area contributed by atoms with Gasteiger partial charge in [0.05, 0.1) is 0 Å². The molecule has 0 aliphatic carbocycles. The Hall–Kier alpha value is -0.380. The number of nitrogens with one attached hydrogen (secondary N) is 1. The highest BCUT2D eigenvalue weighted by Gasteiger charge is 2.21. The number of benzene rings is 1. The first-order valence-corrected chi connectivity index (χ1v) is 8.72. The van der Waals surface area contributed by atoms with Gasteiger partial charge in [-0.2, -0.15) is 0 Å². The molecule has 1 fully saturated rings. The summed E-state index contributed by atoms with van der Waals surface area (Å²) in [4.78, 5) is 2.59. The minimum Gasteiger partial charge on any atom is -0.313 e. The van der Waals surface area contributed by atoms with Crippen LogP contribution in [-0.2, 0) is 13.1 Å². The monoisotopic (exact) mass is 338 g/mol. The molecule has 0 saturated carbocycles. The maximum absolute atomic E-state index is 3.74. The molecule has 2 rings (SSSR count). The number of nitrogens with zero attached hydrogens (tertiary/aromatic N) is 1. The van der Waals surface area contributed by atoms with Crippen molar-refractivity contribution in [2.75, 3.05) is 19.6 Å². The van der Waals surface area contributed by atoms with Crippen LogP contribution in [0.4, 0.5) is 0 Å². The number of halogens is 1. The molecule has 1 heterocycles. The number of hydrogen-bond acceptors (Lipinski definition) is 2. The van der Waals surface area contributed by atoms with Crippen LogP contribution in [0, 0.1) is 5.92 Å². The average molecular weight is 339 g/mol. The van der Waals surface area contributed by atoms with E-state index < -0.39 is 0 Å². The quantitative estimate of drug-likeness (QED) is 0.750. The van der Waals surface area contributed by atoms with Gasteiger partial charge in [-0.05, 0) is 49.0 Å². The highest BCUT2D eigenvalue weighted by atomic mass is 79.9. The van der Waals surface area contributed by atoms with Crippen molar-refractivity contribution in [1.82, 2.24) is 10.2 Å². The van der Waals surface area contributed by atoms with Crippen LogP contribution in [-0.4, -0.2) is 24.5 Å².